The minimum atomic E-state index is -1.72. The van der Waals surface area contributed by atoms with Gasteiger partial charge in [0.15, 0.2) is 23.6 Å². The van der Waals surface area contributed by atoms with Crippen LogP contribution in [-0.4, -0.2) is 35.4 Å². The van der Waals surface area contributed by atoms with E-state index in [1.165, 1.54) is 6.92 Å². The number of anilines is 1. The standard InChI is InChI=1S/C20H20F3N3O4/c1-11(13-5-7-24-8-6-13)9-17(28)30-12(2)20(29)25-10-16(27)26-15-4-3-14(21)18(22)19(15)23/h3-8,11-12H,9-10H2,1-2H3,(H,25,29)(H,26,27)/t11-,12+/m0/s1. The van der Waals surface area contributed by atoms with Crippen LogP contribution >= 0.6 is 0 Å². The van der Waals surface area contributed by atoms with Gasteiger partial charge in [0, 0.05) is 12.4 Å². The zero-order valence-corrected chi connectivity index (χ0v) is 16.2. The van der Waals surface area contributed by atoms with Gasteiger partial charge >= 0.3 is 5.97 Å². The summed E-state index contributed by atoms with van der Waals surface area (Å²) in [5, 5.41) is 4.22. The molecule has 10 heteroatoms. The Hall–Kier alpha value is -3.43. The topological polar surface area (TPSA) is 97.4 Å². The van der Waals surface area contributed by atoms with Crippen molar-refractivity contribution < 1.29 is 32.3 Å². The van der Waals surface area contributed by atoms with Gasteiger partial charge in [0.1, 0.15) is 0 Å². The van der Waals surface area contributed by atoms with E-state index in [0.717, 1.165) is 11.6 Å². The Labute approximate surface area is 170 Å². The predicted octanol–water partition coefficient (Wildman–Crippen LogP) is 2.68. The van der Waals surface area contributed by atoms with Crippen LogP contribution in [-0.2, 0) is 19.1 Å². The highest BCUT2D eigenvalue weighted by molar-refractivity contribution is 5.95. The summed E-state index contributed by atoms with van der Waals surface area (Å²) in [4.78, 5) is 39.7. The Kier molecular flexibility index (Phi) is 7.90. The summed E-state index contributed by atoms with van der Waals surface area (Å²) >= 11 is 0. The van der Waals surface area contributed by atoms with Gasteiger partial charge in [-0.1, -0.05) is 6.92 Å². The summed E-state index contributed by atoms with van der Waals surface area (Å²) in [5.74, 6) is -7.05. The summed E-state index contributed by atoms with van der Waals surface area (Å²) < 4.78 is 44.6. The second-order valence-corrected chi connectivity index (χ2v) is 6.51. The van der Waals surface area contributed by atoms with Crippen LogP contribution in [0.25, 0.3) is 0 Å². The average Bonchev–Trinajstić information content (AvgIpc) is 2.72. The normalized spacial score (nSPS) is 12.6. The Balaban J connectivity index is 1.79. The molecule has 30 heavy (non-hydrogen) atoms. The molecule has 0 saturated heterocycles. The Morgan fingerprint density at radius 1 is 1.03 bits per heavy atom. The lowest BCUT2D eigenvalue weighted by molar-refractivity contribution is -0.155. The van der Waals surface area contributed by atoms with Crippen LogP contribution in [0.4, 0.5) is 18.9 Å². The van der Waals surface area contributed by atoms with Crippen molar-refractivity contribution in [3.63, 3.8) is 0 Å². The van der Waals surface area contributed by atoms with Gasteiger partial charge in [-0.3, -0.25) is 19.4 Å². The summed E-state index contributed by atoms with van der Waals surface area (Å²) in [6, 6.07) is 5.04. The molecule has 2 aromatic rings. The van der Waals surface area contributed by atoms with Gasteiger partial charge in [-0.2, -0.15) is 0 Å². The van der Waals surface area contributed by atoms with Crippen molar-refractivity contribution in [2.24, 2.45) is 0 Å². The summed E-state index contributed by atoms with van der Waals surface area (Å²) in [5.41, 5.74) is 0.318. The maximum Gasteiger partial charge on any atom is 0.307 e. The molecule has 1 aromatic carbocycles. The first-order chi connectivity index (χ1) is 14.2. The minimum absolute atomic E-state index is 0.0392. The SMILES string of the molecule is C[C@@H](OC(=O)C[C@H](C)c1ccncc1)C(=O)NCC(=O)Nc1ccc(F)c(F)c1F. The Morgan fingerprint density at radius 3 is 2.37 bits per heavy atom. The van der Waals surface area contributed by atoms with E-state index in [-0.39, 0.29) is 12.3 Å². The van der Waals surface area contributed by atoms with Crippen molar-refractivity contribution in [1.82, 2.24) is 10.3 Å². The highest BCUT2D eigenvalue weighted by atomic mass is 19.2. The molecular formula is C20H20F3N3O4. The first-order valence-electron chi connectivity index (χ1n) is 8.99. The lowest BCUT2D eigenvalue weighted by Crippen LogP contribution is -2.40. The summed E-state index contributed by atoms with van der Waals surface area (Å²) in [7, 11) is 0. The third-order valence-electron chi connectivity index (χ3n) is 4.16. The number of halogens is 3. The second-order valence-electron chi connectivity index (χ2n) is 6.51. The summed E-state index contributed by atoms with van der Waals surface area (Å²) in [6.45, 7) is 2.56. The van der Waals surface area contributed by atoms with Crippen molar-refractivity contribution in [2.45, 2.75) is 32.3 Å². The molecule has 1 aromatic heterocycles. The summed E-state index contributed by atoms with van der Waals surface area (Å²) in [6.07, 6.45) is 2.07. The second kappa shape index (κ2) is 10.4. The van der Waals surface area contributed by atoms with Gasteiger partial charge in [-0.05, 0) is 42.7 Å². The van der Waals surface area contributed by atoms with E-state index in [1.54, 1.807) is 24.5 Å². The third-order valence-corrected chi connectivity index (χ3v) is 4.16. The van der Waals surface area contributed by atoms with E-state index in [2.05, 4.69) is 10.3 Å². The number of amides is 2. The smallest absolute Gasteiger partial charge is 0.307 e. The van der Waals surface area contributed by atoms with Crippen molar-refractivity contribution in [1.29, 1.82) is 0 Å². The largest absolute Gasteiger partial charge is 0.453 e. The monoisotopic (exact) mass is 423 g/mol. The van der Waals surface area contributed by atoms with Crippen LogP contribution in [0, 0.1) is 17.5 Å². The molecule has 2 N–H and O–H groups in total. The number of carbonyl (C=O) groups is 3. The van der Waals surface area contributed by atoms with Crippen molar-refractivity contribution in [3.8, 4) is 0 Å². The average molecular weight is 423 g/mol. The predicted molar refractivity (Wildman–Crippen MR) is 101 cm³/mol. The molecule has 7 nitrogen and oxygen atoms in total. The van der Waals surface area contributed by atoms with Crippen molar-refractivity contribution in [2.75, 3.05) is 11.9 Å². The third kappa shape index (κ3) is 6.29. The number of ether oxygens (including phenoxy) is 1. The number of hydrogen-bond acceptors (Lipinski definition) is 5. The minimum Gasteiger partial charge on any atom is -0.453 e. The van der Waals surface area contributed by atoms with Gasteiger partial charge in [0.2, 0.25) is 5.91 Å². The Bertz CT molecular complexity index is 925. The van der Waals surface area contributed by atoms with E-state index < -0.39 is 53.6 Å². The molecule has 0 bridgehead atoms. The van der Waals surface area contributed by atoms with Gasteiger partial charge in [-0.15, -0.1) is 0 Å². The number of nitrogens with zero attached hydrogens (tertiary/aromatic N) is 1. The number of pyridine rings is 1. The number of carbonyl (C=O) groups excluding carboxylic acids is 3. The molecule has 0 aliphatic rings. The van der Waals surface area contributed by atoms with Crippen molar-refractivity contribution >= 4 is 23.5 Å². The molecule has 0 aliphatic heterocycles. The highest BCUT2D eigenvalue weighted by Gasteiger charge is 2.21. The molecule has 0 aliphatic carbocycles. The number of esters is 1. The molecule has 0 unspecified atom stereocenters. The van der Waals surface area contributed by atoms with Crippen LogP contribution < -0.4 is 10.6 Å². The number of benzene rings is 1. The van der Waals surface area contributed by atoms with E-state index in [4.69, 9.17) is 4.74 Å². The molecule has 160 valence electrons. The zero-order chi connectivity index (χ0) is 22.3. The molecule has 2 amide bonds. The van der Waals surface area contributed by atoms with E-state index in [1.807, 2.05) is 12.2 Å². The molecule has 1 heterocycles. The molecule has 0 saturated carbocycles. The molecule has 2 rings (SSSR count). The van der Waals surface area contributed by atoms with Gasteiger partial charge in [0.05, 0.1) is 18.7 Å². The molecule has 0 spiro atoms. The lowest BCUT2D eigenvalue weighted by Gasteiger charge is -2.16. The molecule has 0 radical (unpaired) electrons. The van der Waals surface area contributed by atoms with E-state index in [0.29, 0.717) is 6.07 Å². The molecule has 0 fully saturated rings. The number of rotatable bonds is 8. The maximum atomic E-state index is 13.5. The fraction of sp³-hybridized carbons (Fsp3) is 0.300. The molecule has 2 atom stereocenters. The van der Waals surface area contributed by atoms with Crippen LogP contribution in [0.5, 0.6) is 0 Å². The first-order valence-corrected chi connectivity index (χ1v) is 8.99. The van der Waals surface area contributed by atoms with E-state index >= 15 is 0 Å². The maximum absolute atomic E-state index is 13.5. The fourth-order valence-corrected chi connectivity index (χ4v) is 2.49. The van der Waals surface area contributed by atoms with Gasteiger partial charge in [-0.25, -0.2) is 13.2 Å². The molecular weight excluding hydrogens is 403 g/mol. The lowest BCUT2D eigenvalue weighted by atomic mass is 9.99. The van der Waals surface area contributed by atoms with Crippen LogP contribution in [0.3, 0.4) is 0 Å². The number of hydrogen-bond donors (Lipinski definition) is 2. The first kappa shape index (κ1) is 22.9. The number of nitrogens with one attached hydrogen (secondary N) is 2. The van der Waals surface area contributed by atoms with Crippen LogP contribution in [0.1, 0.15) is 31.7 Å². The van der Waals surface area contributed by atoms with Crippen molar-refractivity contribution in [3.05, 3.63) is 59.7 Å². The van der Waals surface area contributed by atoms with Crippen LogP contribution in [0.2, 0.25) is 0 Å². The quantitative estimate of drug-likeness (QED) is 0.503. The van der Waals surface area contributed by atoms with Gasteiger partial charge in [0.25, 0.3) is 5.91 Å². The number of aromatic nitrogens is 1. The van der Waals surface area contributed by atoms with Gasteiger partial charge < -0.3 is 15.4 Å². The Morgan fingerprint density at radius 2 is 1.70 bits per heavy atom. The fourth-order valence-electron chi connectivity index (χ4n) is 2.49. The highest BCUT2D eigenvalue weighted by Crippen LogP contribution is 2.20. The zero-order valence-electron chi connectivity index (χ0n) is 16.2. The van der Waals surface area contributed by atoms with E-state index in [9.17, 15) is 27.6 Å². The van der Waals surface area contributed by atoms with Crippen LogP contribution in [0.15, 0.2) is 36.7 Å².